The summed E-state index contributed by atoms with van der Waals surface area (Å²) in [5, 5.41) is 3.27. The van der Waals surface area contributed by atoms with Gasteiger partial charge in [-0.2, -0.15) is 0 Å². The molecule has 0 aromatic carbocycles. The Bertz CT molecular complexity index is 361. The normalized spacial score (nSPS) is 13.2. The van der Waals surface area contributed by atoms with E-state index in [4.69, 9.17) is 0 Å². The van der Waals surface area contributed by atoms with Crippen molar-refractivity contribution in [2.45, 2.75) is 32.7 Å². The van der Waals surface area contributed by atoms with Gasteiger partial charge in [0.2, 0.25) is 0 Å². The Morgan fingerprint density at radius 3 is 2.88 bits per heavy atom. The maximum atomic E-state index is 3.71. The van der Waals surface area contributed by atoms with Crippen LogP contribution in [0.15, 0.2) is 24.9 Å². The number of aromatic nitrogens is 1. The number of likely N-dealkylation sites (N-methyl/N-ethyl adjacent to an activating group) is 1. The summed E-state index contributed by atoms with van der Waals surface area (Å²) in [5.41, 5.74) is 4.00. The molecule has 0 aliphatic rings. The summed E-state index contributed by atoms with van der Waals surface area (Å²) in [6, 6.07) is 0.497. The third-order valence-electron chi connectivity index (χ3n) is 2.86. The Labute approximate surface area is 98.5 Å². The van der Waals surface area contributed by atoms with Crippen molar-refractivity contribution in [2.24, 2.45) is 0 Å². The van der Waals surface area contributed by atoms with E-state index < -0.39 is 0 Å². The molecule has 0 saturated heterocycles. The predicted molar refractivity (Wildman–Crippen MR) is 71.6 cm³/mol. The molecule has 88 valence electrons. The van der Waals surface area contributed by atoms with Crippen LogP contribution in [-0.4, -0.2) is 18.1 Å². The molecule has 0 aliphatic carbocycles. The van der Waals surface area contributed by atoms with Crippen LogP contribution in [0.25, 0.3) is 6.08 Å². The zero-order valence-electron chi connectivity index (χ0n) is 10.5. The molecule has 1 atom stereocenters. The van der Waals surface area contributed by atoms with Gasteiger partial charge in [-0.3, -0.25) is 0 Å². The third kappa shape index (κ3) is 3.11. The van der Waals surface area contributed by atoms with Crippen molar-refractivity contribution >= 4 is 6.08 Å². The van der Waals surface area contributed by atoms with E-state index in [-0.39, 0.29) is 0 Å². The lowest BCUT2D eigenvalue weighted by Crippen LogP contribution is -2.23. The maximum absolute atomic E-state index is 3.71. The minimum atomic E-state index is 0.497. The van der Waals surface area contributed by atoms with E-state index in [1.165, 1.54) is 16.8 Å². The minimum Gasteiger partial charge on any atom is -0.364 e. The number of rotatable bonds is 6. The second-order valence-electron chi connectivity index (χ2n) is 4.05. The third-order valence-corrected chi connectivity index (χ3v) is 2.86. The Kier molecular flexibility index (Phi) is 5.06. The van der Waals surface area contributed by atoms with Crippen LogP contribution in [0.1, 0.15) is 30.7 Å². The molecule has 0 radical (unpaired) electrons. The van der Waals surface area contributed by atoms with E-state index in [9.17, 15) is 0 Å². The molecule has 1 aromatic heterocycles. The molecule has 0 amide bonds. The number of hydrogen-bond donors (Lipinski definition) is 2. The van der Waals surface area contributed by atoms with E-state index in [0.29, 0.717) is 6.04 Å². The average molecular weight is 218 g/mol. The van der Waals surface area contributed by atoms with Gasteiger partial charge < -0.3 is 10.3 Å². The van der Waals surface area contributed by atoms with Crippen molar-refractivity contribution in [1.82, 2.24) is 10.3 Å². The maximum Gasteiger partial charge on any atom is 0.0220 e. The molecule has 1 rings (SSSR count). The lowest BCUT2D eigenvalue weighted by atomic mass is 10.0. The Hall–Kier alpha value is -1.28. The van der Waals surface area contributed by atoms with Gasteiger partial charge in [0.15, 0.2) is 0 Å². The second-order valence-corrected chi connectivity index (χ2v) is 4.05. The summed E-state index contributed by atoms with van der Waals surface area (Å²) in [4.78, 5) is 3.35. The van der Waals surface area contributed by atoms with Crippen molar-refractivity contribution in [3.63, 3.8) is 0 Å². The van der Waals surface area contributed by atoms with Crippen LogP contribution in [0.3, 0.4) is 0 Å². The summed E-state index contributed by atoms with van der Waals surface area (Å²) in [7, 11) is 2.00. The lowest BCUT2D eigenvalue weighted by Gasteiger charge is -2.09. The highest BCUT2D eigenvalue weighted by Gasteiger charge is 2.09. The van der Waals surface area contributed by atoms with Gasteiger partial charge in [0.1, 0.15) is 0 Å². The molecular formula is C14H22N2. The van der Waals surface area contributed by atoms with E-state index in [2.05, 4.69) is 43.0 Å². The minimum absolute atomic E-state index is 0.497. The second kappa shape index (κ2) is 6.33. The van der Waals surface area contributed by atoms with Crippen molar-refractivity contribution in [3.05, 3.63) is 41.7 Å². The predicted octanol–water partition coefficient (Wildman–Crippen LogP) is 2.93. The quantitative estimate of drug-likeness (QED) is 0.706. The first-order chi connectivity index (χ1) is 7.72. The lowest BCUT2D eigenvalue weighted by molar-refractivity contribution is 0.608. The fourth-order valence-corrected chi connectivity index (χ4v) is 1.79. The Balaban J connectivity index is 2.94. The summed E-state index contributed by atoms with van der Waals surface area (Å²) >= 11 is 0. The first kappa shape index (κ1) is 12.8. The van der Waals surface area contributed by atoms with Crippen molar-refractivity contribution < 1.29 is 0 Å². The molecule has 2 N–H and O–H groups in total. The van der Waals surface area contributed by atoms with Gasteiger partial charge in [0.25, 0.3) is 0 Å². The van der Waals surface area contributed by atoms with Crippen LogP contribution in [0.4, 0.5) is 0 Å². The largest absolute Gasteiger partial charge is 0.364 e. The first-order valence-corrected chi connectivity index (χ1v) is 5.88. The van der Waals surface area contributed by atoms with Gasteiger partial charge in [-0.1, -0.05) is 31.7 Å². The summed E-state index contributed by atoms with van der Waals surface area (Å²) < 4.78 is 0. The van der Waals surface area contributed by atoms with E-state index in [0.717, 1.165) is 12.8 Å². The average Bonchev–Trinajstić information content (AvgIpc) is 2.68. The van der Waals surface area contributed by atoms with Crippen molar-refractivity contribution in [2.75, 3.05) is 7.05 Å². The van der Waals surface area contributed by atoms with Gasteiger partial charge in [-0.15, -0.1) is 0 Å². The van der Waals surface area contributed by atoms with Crippen molar-refractivity contribution in [1.29, 1.82) is 0 Å². The number of aromatic amines is 1. The first-order valence-electron chi connectivity index (χ1n) is 5.88. The van der Waals surface area contributed by atoms with Crippen LogP contribution in [0.5, 0.6) is 0 Å². The molecule has 2 nitrogen and oxygen atoms in total. The molecule has 1 unspecified atom stereocenters. The number of H-pyrrole nitrogens is 1. The molecule has 0 spiro atoms. The van der Waals surface area contributed by atoms with Crippen LogP contribution >= 0.6 is 0 Å². The van der Waals surface area contributed by atoms with Crippen LogP contribution in [-0.2, 0) is 12.8 Å². The van der Waals surface area contributed by atoms with Gasteiger partial charge in [-0.05, 0) is 37.9 Å². The molecule has 0 saturated carbocycles. The highest BCUT2D eigenvalue weighted by Crippen LogP contribution is 2.18. The highest BCUT2D eigenvalue weighted by molar-refractivity contribution is 5.58. The van der Waals surface area contributed by atoms with Gasteiger partial charge in [0, 0.05) is 17.9 Å². The number of aryl methyl sites for hydroxylation is 1. The van der Waals surface area contributed by atoms with Crippen molar-refractivity contribution in [3.8, 4) is 0 Å². The fraction of sp³-hybridized carbons (Fsp3) is 0.429. The number of hydrogen-bond acceptors (Lipinski definition) is 1. The zero-order valence-corrected chi connectivity index (χ0v) is 10.5. The van der Waals surface area contributed by atoms with Crippen LogP contribution in [0.2, 0.25) is 0 Å². The molecule has 16 heavy (non-hydrogen) atoms. The summed E-state index contributed by atoms with van der Waals surface area (Å²) in [5.74, 6) is 0. The standard InChI is InChI=1S/C14H22N2/c1-5-7-8-13-12(9-11(3)15-4)10-16-14(13)6-2/h5,7-8,10-11,15-16H,1,6,9H2,2-4H3/b8-7-. The van der Waals surface area contributed by atoms with E-state index in [1.807, 2.05) is 19.2 Å². The van der Waals surface area contributed by atoms with Gasteiger partial charge >= 0.3 is 0 Å². The number of nitrogens with one attached hydrogen (secondary N) is 2. The molecule has 2 heteroatoms. The topological polar surface area (TPSA) is 27.8 Å². The summed E-state index contributed by atoms with van der Waals surface area (Å²) in [6.07, 6.45) is 10.2. The molecule has 0 fully saturated rings. The molecule has 0 bridgehead atoms. The summed E-state index contributed by atoms with van der Waals surface area (Å²) in [6.45, 7) is 8.08. The highest BCUT2D eigenvalue weighted by atomic mass is 14.8. The smallest absolute Gasteiger partial charge is 0.0220 e. The Morgan fingerprint density at radius 1 is 1.56 bits per heavy atom. The number of allylic oxidation sites excluding steroid dienone is 2. The van der Waals surface area contributed by atoms with E-state index in [1.54, 1.807) is 0 Å². The van der Waals surface area contributed by atoms with E-state index >= 15 is 0 Å². The van der Waals surface area contributed by atoms with Crippen LogP contribution in [0, 0.1) is 0 Å². The molecule has 1 aromatic rings. The fourth-order valence-electron chi connectivity index (χ4n) is 1.79. The van der Waals surface area contributed by atoms with Crippen LogP contribution < -0.4 is 5.32 Å². The van der Waals surface area contributed by atoms with Gasteiger partial charge in [0.05, 0.1) is 0 Å². The molecule has 1 heterocycles. The zero-order chi connectivity index (χ0) is 12.0. The molecular weight excluding hydrogens is 196 g/mol. The monoisotopic (exact) mass is 218 g/mol. The molecule has 0 aliphatic heterocycles. The Morgan fingerprint density at radius 2 is 2.31 bits per heavy atom. The SMILES string of the molecule is C=C/C=C\c1c(CC(C)NC)c[nH]c1CC. The van der Waals surface area contributed by atoms with Gasteiger partial charge in [-0.25, -0.2) is 0 Å².